The van der Waals surface area contributed by atoms with E-state index in [4.69, 9.17) is 15.9 Å². The number of aryl methyl sites for hydroxylation is 1. The molecule has 3 N–H and O–H groups in total. The van der Waals surface area contributed by atoms with Crippen molar-refractivity contribution in [2.24, 2.45) is 5.73 Å². The summed E-state index contributed by atoms with van der Waals surface area (Å²) in [7, 11) is 0. The Morgan fingerprint density at radius 3 is 2.47 bits per heavy atom. The molecule has 0 aromatic carbocycles. The minimum atomic E-state index is 0.0226. The molecule has 2 rings (SSSR count). The van der Waals surface area contributed by atoms with Crippen molar-refractivity contribution in [2.45, 2.75) is 58.5 Å². The van der Waals surface area contributed by atoms with Gasteiger partial charge in [-0.05, 0) is 44.1 Å². The fourth-order valence-electron chi connectivity index (χ4n) is 2.68. The Balaban J connectivity index is 2.38. The summed E-state index contributed by atoms with van der Waals surface area (Å²) in [5, 5.41) is 16.2. The van der Waals surface area contributed by atoms with Gasteiger partial charge in [0.1, 0.15) is 11.9 Å². The molecular formula is C14H22N4O. The molecule has 0 radical (unpaired) electrons. The van der Waals surface area contributed by atoms with Gasteiger partial charge in [0.2, 0.25) is 5.88 Å². The lowest BCUT2D eigenvalue weighted by molar-refractivity contribution is 0.198. The number of amidine groups is 1. The molecule has 1 heterocycles. The predicted molar refractivity (Wildman–Crippen MR) is 74.7 cm³/mol. The third-order valence-corrected chi connectivity index (χ3v) is 3.66. The molecule has 0 aliphatic heterocycles. The van der Waals surface area contributed by atoms with E-state index in [1.54, 1.807) is 0 Å². The molecule has 1 aliphatic rings. The van der Waals surface area contributed by atoms with Crippen LogP contribution in [0.15, 0.2) is 0 Å². The van der Waals surface area contributed by atoms with Crippen molar-refractivity contribution in [3.8, 4) is 5.88 Å². The van der Waals surface area contributed by atoms with Gasteiger partial charge < -0.3 is 10.5 Å². The first-order valence-corrected chi connectivity index (χ1v) is 7.06. The third kappa shape index (κ3) is 2.85. The second-order valence-electron chi connectivity index (χ2n) is 4.95. The van der Waals surface area contributed by atoms with Crippen molar-refractivity contribution in [1.29, 1.82) is 5.41 Å². The van der Waals surface area contributed by atoms with Gasteiger partial charge in [-0.15, -0.1) is 5.10 Å². The standard InChI is InChI=1S/C14H22N4O/c1-3-10-11(4-2)17-18-14(12(10)13(15)16)19-9-7-5-6-8-9/h9H,3-8H2,1-2H3,(H3,15,16). The monoisotopic (exact) mass is 262 g/mol. The van der Waals surface area contributed by atoms with E-state index in [0.717, 1.165) is 36.9 Å². The average Bonchev–Trinajstić information content (AvgIpc) is 2.90. The first kappa shape index (κ1) is 13.8. The van der Waals surface area contributed by atoms with Crippen LogP contribution >= 0.6 is 0 Å². The van der Waals surface area contributed by atoms with E-state index in [2.05, 4.69) is 10.2 Å². The van der Waals surface area contributed by atoms with Crippen molar-refractivity contribution in [2.75, 3.05) is 0 Å². The number of hydrogen-bond acceptors (Lipinski definition) is 4. The molecule has 0 atom stereocenters. The molecule has 1 aliphatic carbocycles. The molecule has 1 aromatic rings. The van der Waals surface area contributed by atoms with E-state index in [9.17, 15) is 0 Å². The van der Waals surface area contributed by atoms with Crippen LogP contribution in [0.25, 0.3) is 0 Å². The molecule has 1 fully saturated rings. The Labute approximate surface area is 114 Å². The Bertz CT molecular complexity index is 467. The average molecular weight is 262 g/mol. The number of nitrogens with two attached hydrogens (primary N) is 1. The highest BCUT2D eigenvalue weighted by molar-refractivity contribution is 5.98. The normalized spacial score (nSPS) is 15.7. The van der Waals surface area contributed by atoms with Crippen LogP contribution in [0, 0.1) is 5.41 Å². The van der Waals surface area contributed by atoms with Crippen LogP contribution in [0.2, 0.25) is 0 Å². The molecule has 5 nitrogen and oxygen atoms in total. The summed E-state index contributed by atoms with van der Waals surface area (Å²) < 4.78 is 5.92. The summed E-state index contributed by atoms with van der Waals surface area (Å²) in [4.78, 5) is 0. The summed E-state index contributed by atoms with van der Waals surface area (Å²) in [5.41, 5.74) is 8.27. The lowest BCUT2D eigenvalue weighted by atomic mass is 10.0. The largest absolute Gasteiger partial charge is 0.473 e. The SMILES string of the molecule is CCc1nnc(OC2CCCC2)c(C(=N)N)c1CC. The van der Waals surface area contributed by atoms with Crippen LogP contribution in [-0.4, -0.2) is 22.1 Å². The van der Waals surface area contributed by atoms with Crippen molar-refractivity contribution in [3.05, 3.63) is 16.8 Å². The summed E-state index contributed by atoms with van der Waals surface area (Å²) in [6.45, 7) is 4.08. The number of nitrogen functional groups attached to an aromatic ring is 1. The fourth-order valence-corrected chi connectivity index (χ4v) is 2.68. The van der Waals surface area contributed by atoms with Gasteiger partial charge in [-0.25, -0.2) is 0 Å². The summed E-state index contributed by atoms with van der Waals surface area (Å²) in [6.07, 6.45) is 6.27. The van der Waals surface area contributed by atoms with E-state index < -0.39 is 0 Å². The van der Waals surface area contributed by atoms with Gasteiger partial charge in [0.25, 0.3) is 0 Å². The van der Waals surface area contributed by atoms with Gasteiger partial charge in [0.15, 0.2) is 0 Å². The number of ether oxygens (including phenoxy) is 1. The molecule has 0 bridgehead atoms. The molecule has 0 spiro atoms. The number of nitrogens with zero attached hydrogens (tertiary/aromatic N) is 2. The Morgan fingerprint density at radius 2 is 1.95 bits per heavy atom. The third-order valence-electron chi connectivity index (χ3n) is 3.66. The summed E-state index contributed by atoms with van der Waals surface area (Å²) in [6, 6.07) is 0. The molecular weight excluding hydrogens is 240 g/mol. The van der Waals surface area contributed by atoms with E-state index in [0.29, 0.717) is 11.4 Å². The van der Waals surface area contributed by atoms with Gasteiger partial charge in [0, 0.05) is 0 Å². The van der Waals surface area contributed by atoms with Crippen molar-refractivity contribution in [1.82, 2.24) is 10.2 Å². The molecule has 1 aromatic heterocycles. The summed E-state index contributed by atoms with van der Waals surface area (Å²) >= 11 is 0. The highest BCUT2D eigenvalue weighted by Crippen LogP contribution is 2.27. The zero-order chi connectivity index (χ0) is 13.8. The molecule has 0 amide bonds. The maximum atomic E-state index is 7.80. The molecule has 0 unspecified atom stereocenters. The lowest BCUT2D eigenvalue weighted by Crippen LogP contribution is -2.22. The Kier molecular flexibility index (Phi) is 4.35. The second kappa shape index (κ2) is 5.99. The van der Waals surface area contributed by atoms with Crippen molar-refractivity contribution >= 4 is 5.84 Å². The quantitative estimate of drug-likeness (QED) is 0.629. The predicted octanol–water partition coefficient (Wildman–Crippen LogP) is 2.21. The number of hydrogen-bond donors (Lipinski definition) is 2. The topological polar surface area (TPSA) is 84.9 Å². The van der Waals surface area contributed by atoms with Gasteiger partial charge in [-0.3, -0.25) is 5.41 Å². The van der Waals surface area contributed by atoms with Crippen molar-refractivity contribution in [3.63, 3.8) is 0 Å². The summed E-state index contributed by atoms with van der Waals surface area (Å²) in [5.74, 6) is 0.461. The molecule has 19 heavy (non-hydrogen) atoms. The van der Waals surface area contributed by atoms with E-state index in [-0.39, 0.29) is 11.9 Å². The minimum absolute atomic E-state index is 0.0226. The van der Waals surface area contributed by atoms with Crippen LogP contribution in [0.5, 0.6) is 5.88 Å². The lowest BCUT2D eigenvalue weighted by Gasteiger charge is -2.17. The van der Waals surface area contributed by atoms with Crippen LogP contribution in [-0.2, 0) is 12.8 Å². The molecule has 1 saturated carbocycles. The van der Waals surface area contributed by atoms with Crippen LogP contribution < -0.4 is 10.5 Å². The molecule has 104 valence electrons. The number of aromatic nitrogens is 2. The zero-order valence-corrected chi connectivity index (χ0v) is 11.7. The Morgan fingerprint density at radius 1 is 1.26 bits per heavy atom. The maximum absolute atomic E-state index is 7.80. The van der Waals surface area contributed by atoms with Crippen molar-refractivity contribution < 1.29 is 4.74 Å². The van der Waals surface area contributed by atoms with Gasteiger partial charge >= 0.3 is 0 Å². The van der Waals surface area contributed by atoms with Crippen LogP contribution in [0.1, 0.15) is 56.4 Å². The van der Waals surface area contributed by atoms with E-state index in [1.807, 2.05) is 13.8 Å². The minimum Gasteiger partial charge on any atom is -0.473 e. The second-order valence-corrected chi connectivity index (χ2v) is 4.95. The van der Waals surface area contributed by atoms with Gasteiger partial charge in [0.05, 0.1) is 11.3 Å². The first-order chi connectivity index (χ1) is 9.17. The highest BCUT2D eigenvalue weighted by Gasteiger charge is 2.23. The van der Waals surface area contributed by atoms with Crippen LogP contribution in [0.4, 0.5) is 0 Å². The zero-order valence-electron chi connectivity index (χ0n) is 11.7. The van der Waals surface area contributed by atoms with Gasteiger partial charge in [-0.2, -0.15) is 5.10 Å². The fraction of sp³-hybridized carbons (Fsp3) is 0.643. The highest BCUT2D eigenvalue weighted by atomic mass is 16.5. The first-order valence-electron chi connectivity index (χ1n) is 7.06. The number of rotatable bonds is 5. The molecule has 5 heteroatoms. The van der Waals surface area contributed by atoms with Gasteiger partial charge in [-0.1, -0.05) is 13.8 Å². The van der Waals surface area contributed by atoms with E-state index in [1.165, 1.54) is 12.8 Å². The maximum Gasteiger partial charge on any atom is 0.245 e. The van der Waals surface area contributed by atoms with Crippen LogP contribution in [0.3, 0.4) is 0 Å². The molecule has 0 saturated heterocycles. The Hall–Kier alpha value is -1.65. The smallest absolute Gasteiger partial charge is 0.245 e. The van der Waals surface area contributed by atoms with E-state index >= 15 is 0 Å². The number of nitrogens with one attached hydrogen (secondary N) is 1.